The lowest BCUT2D eigenvalue weighted by Gasteiger charge is -2.30. The van der Waals surface area contributed by atoms with Crippen LogP contribution in [0.4, 0.5) is 24.7 Å². The van der Waals surface area contributed by atoms with E-state index in [4.69, 9.17) is 0 Å². The van der Waals surface area contributed by atoms with Gasteiger partial charge in [-0.3, -0.25) is 4.79 Å². The van der Waals surface area contributed by atoms with Crippen LogP contribution in [0.2, 0.25) is 0 Å². The first-order valence-corrected chi connectivity index (χ1v) is 11.4. The summed E-state index contributed by atoms with van der Waals surface area (Å²) in [5.74, 6) is 0.457. The second kappa shape index (κ2) is 9.59. The van der Waals surface area contributed by atoms with Crippen molar-refractivity contribution >= 4 is 33.8 Å². The van der Waals surface area contributed by atoms with Crippen molar-refractivity contribution in [2.24, 2.45) is 5.92 Å². The van der Waals surface area contributed by atoms with Crippen molar-refractivity contribution in [3.8, 4) is 0 Å². The highest BCUT2D eigenvalue weighted by Crippen LogP contribution is 2.38. The lowest BCUT2D eigenvalue weighted by molar-refractivity contribution is -0.122. The molecule has 0 unspecified atom stereocenters. The van der Waals surface area contributed by atoms with Crippen LogP contribution in [0, 0.1) is 5.92 Å². The third-order valence-corrected chi connectivity index (χ3v) is 6.26. The average Bonchev–Trinajstić information content (AvgIpc) is 3.62. The molecule has 2 heterocycles. The van der Waals surface area contributed by atoms with E-state index in [1.807, 2.05) is 6.07 Å². The van der Waals surface area contributed by atoms with Gasteiger partial charge in [0, 0.05) is 41.5 Å². The van der Waals surface area contributed by atoms with Gasteiger partial charge in [0.25, 0.3) is 0 Å². The minimum atomic E-state index is -4.59. The molecule has 0 radical (unpaired) electrons. The fourth-order valence-electron chi connectivity index (χ4n) is 4.10. The Morgan fingerprint density at radius 2 is 1.88 bits per heavy atom. The Morgan fingerprint density at radius 3 is 2.55 bits per heavy atom. The summed E-state index contributed by atoms with van der Waals surface area (Å²) in [6, 6.07) is 7.30. The fourth-order valence-corrected chi connectivity index (χ4v) is 4.10. The number of halogens is 3. The number of carbonyl (C=O) groups excluding carboxylic acids is 1. The number of carbonyl (C=O) groups is 1. The molecule has 178 valence electrons. The number of rotatable bonds is 8. The minimum absolute atomic E-state index is 0.0269. The van der Waals surface area contributed by atoms with Crippen LogP contribution in [-0.2, 0) is 4.79 Å². The Hall–Kier alpha value is -2.81. The van der Waals surface area contributed by atoms with Crippen LogP contribution >= 0.6 is 0 Å². The molecular formula is C24H30F3N5O. The number of aromatic nitrogens is 1. The molecule has 2 aliphatic rings. The molecule has 1 saturated heterocycles. The van der Waals surface area contributed by atoms with Gasteiger partial charge in [-0.15, -0.1) is 0 Å². The topological polar surface area (TPSA) is 69.3 Å². The first-order valence-electron chi connectivity index (χ1n) is 11.4. The Balaban J connectivity index is 1.59. The van der Waals surface area contributed by atoms with Gasteiger partial charge in [0.15, 0.2) is 0 Å². The third-order valence-electron chi connectivity index (χ3n) is 6.26. The van der Waals surface area contributed by atoms with Gasteiger partial charge in [-0.25, -0.2) is 4.98 Å². The van der Waals surface area contributed by atoms with Gasteiger partial charge in [0.1, 0.15) is 5.82 Å². The Bertz CT molecular complexity index is 1030. The summed E-state index contributed by atoms with van der Waals surface area (Å²) >= 11 is 0. The zero-order valence-electron chi connectivity index (χ0n) is 18.8. The highest BCUT2D eigenvalue weighted by molar-refractivity contribution is 6.01. The maximum absolute atomic E-state index is 13.6. The second-order valence-electron chi connectivity index (χ2n) is 8.95. The molecule has 0 bridgehead atoms. The number of amides is 1. The van der Waals surface area contributed by atoms with Crippen molar-refractivity contribution in [1.29, 1.82) is 0 Å². The molecule has 1 aromatic heterocycles. The zero-order valence-corrected chi connectivity index (χ0v) is 18.8. The number of hydrogen-bond donors (Lipinski definition) is 3. The van der Waals surface area contributed by atoms with E-state index in [0.29, 0.717) is 29.7 Å². The number of likely N-dealkylation sites (tertiary alicyclic amines) is 1. The van der Waals surface area contributed by atoms with E-state index < -0.39 is 11.7 Å². The number of piperidine rings is 1. The van der Waals surface area contributed by atoms with Crippen LogP contribution in [0.1, 0.15) is 31.4 Å². The summed E-state index contributed by atoms with van der Waals surface area (Å²) in [6.07, 6.45) is -0.825. The summed E-state index contributed by atoms with van der Waals surface area (Å²) < 4.78 is 40.7. The van der Waals surface area contributed by atoms with Crippen molar-refractivity contribution in [3.05, 3.63) is 36.5 Å². The standard InChI is InChI=1S/C24H30F3N5O/c1-15(24(25,26)27)22-18-4-3-5-20(30-17-8-12-32(2)13-9-17)19(18)14-21(31-22)28-10-11-29-23(33)16-6-7-16/h3-5,14,16-17,30H,1,6-13H2,2H3,(H,28,31)(H,29,33). The smallest absolute Gasteiger partial charge is 0.382 e. The normalized spacial score (nSPS) is 17.7. The summed E-state index contributed by atoms with van der Waals surface area (Å²) in [4.78, 5) is 18.3. The van der Waals surface area contributed by atoms with Crippen LogP contribution in [0.3, 0.4) is 0 Å². The van der Waals surface area contributed by atoms with Crippen molar-refractivity contribution in [3.63, 3.8) is 0 Å². The van der Waals surface area contributed by atoms with Gasteiger partial charge < -0.3 is 20.9 Å². The molecule has 0 spiro atoms. The molecule has 1 aromatic carbocycles. The molecule has 1 amide bonds. The van der Waals surface area contributed by atoms with Crippen molar-refractivity contribution in [2.75, 3.05) is 43.9 Å². The molecule has 3 N–H and O–H groups in total. The molecule has 1 aliphatic heterocycles. The van der Waals surface area contributed by atoms with Gasteiger partial charge >= 0.3 is 6.18 Å². The quantitative estimate of drug-likeness (QED) is 0.513. The largest absolute Gasteiger partial charge is 0.417 e. The summed E-state index contributed by atoms with van der Waals surface area (Å²) in [6.45, 7) is 5.97. The van der Waals surface area contributed by atoms with E-state index >= 15 is 0 Å². The third kappa shape index (κ3) is 5.76. The molecular weight excluding hydrogens is 431 g/mol. The molecule has 1 aliphatic carbocycles. The van der Waals surface area contributed by atoms with Crippen molar-refractivity contribution in [1.82, 2.24) is 15.2 Å². The number of pyridine rings is 1. The second-order valence-corrected chi connectivity index (χ2v) is 8.95. The minimum Gasteiger partial charge on any atom is -0.382 e. The maximum Gasteiger partial charge on any atom is 0.417 e. The first kappa shape index (κ1) is 23.4. The van der Waals surface area contributed by atoms with E-state index in [1.165, 1.54) is 0 Å². The lowest BCUT2D eigenvalue weighted by atomic mass is 10.0. The zero-order chi connectivity index (χ0) is 23.6. The number of fused-ring (bicyclic) bond motifs is 1. The van der Waals surface area contributed by atoms with Gasteiger partial charge in [-0.05, 0) is 58.0 Å². The average molecular weight is 462 g/mol. The first-order chi connectivity index (χ1) is 15.7. The molecule has 2 aromatic rings. The van der Waals surface area contributed by atoms with Crippen molar-refractivity contribution < 1.29 is 18.0 Å². The monoisotopic (exact) mass is 461 g/mol. The summed E-state index contributed by atoms with van der Waals surface area (Å²) in [5.41, 5.74) is -0.378. The molecule has 1 saturated carbocycles. The Labute approximate surface area is 191 Å². The number of allylic oxidation sites excluding steroid dienone is 1. The predicted octanol–water partition coefficient (Wildman–Crippen LogP) is 4.25. The maximum atomic E-state index is 13.6. The highest BCUT2D eigenvalue weighted by Gasteiger charge is 2.35. The Morgan fingerprint density at radius 1 is 1.15 bits per heavy atom. The summed E-state index contributed by atoms with van der Waals surface area (Å²) in [5, 5.41) is 10.5. The van der Waals surface area contributed by atoms with E-state index in [2.05, 4.69) is 39.5 Å². The van der Waals surface area contributed by atoms with E-state index in [-0.39, 0.29) is 23.6 Å². The molecule has 4 rings (SSSR count). The van der Waals surface area contributed by atoms with Crippen LogP contribution in [0.25, 0.3) is 16.3 Å². The van der Waals surface area contributed by atoms with Crippen molar-refractivity contribution in [2.45, 2.75) is 37.9 Å². The molecule has 0 atom stereocenters. The Kier molecular flexibility index (Phi) is 6.78. The lowest BCUT2D eigenvalue weighted by Crippen LogP contribution is -2.36. The van der Waals surface area contributed by atoms with Gasteiger partial charge in [0.2, 0.25) is 5.91 Å². The van der Waals surface area contributed by atoms with Gasteiger partial charge in [0.05, 0.1) is 11.3 Å². The molecule has 6 nitrogen and oxygen atoms in total. The molecule has 9 heteroatoms. The van der Waals surface area contributed by atoms with Crippen LogP contribution in [-0.4, -0.2) is 61.2 Å². The molecule has 33 heavy (non-hydrogen) atoms. The van der Waals surface area contributed by atoms with Crippen LogP contribution < -0.4 is 16.0 Å². The number of nitrogens with one attached hydrogen (secondary N) is 3. The van der Waals surface area contributed by atoms with Crippen LogP contribution in [0.15, 0.2) is 30.8 Å². The van der Waals surface area contributed by atoms with E-state index in [0.717, 1.165) is 44.5 Å². The van der Waals surface area contributed by atoms with E-state index in [1.54, 1.807) is 18.2 Å². The van der Waals surface area contributed by atoms with Crippen LogP contribution in [0.5, 0.6) is 0 Å². The SMILES string of the molecule is C=C(c1nc(NCCNC(=O)C2CC2)cc2c(NC3CCN(C)CC3)cccc12)C(F)(F)F. The number of benzene rings is 1. The predicted molar refractivity (Wildman–Crippen MR) is 125 cm³/mol. The number of alkyl halides is 3. The molecule has 2 fully saturated rings. The highest BCUT2D eigenvalue weighted by atomic mass is 19.4. The fraction of sp³-hybridized carbons (Fsp3) is 0.500. The van der Waals surface area contributed by atoms with Gasteiger partial charge in [-0.1, -0.05) is 18.7 Å². The summed E-state index contributed by atoms with van der Waals surface area (Å²) in [7, 11) is 2.08. The van der Waals surface area contributed by atoms with E-state index in [9.17, 15) is 18.0 Å². The number of nitrogens with zero attached hydrogens (tertiary/aromatic N) is 2. The number of hydrogen-bond acceptors (Lipinski definition) is 5. The number of anilines is 2. The van der Waals surface area contributed by atoms with Gasteiger partial charge in [-0.2, -0.15) is 13.2 Å².